The van der Waals surface area contributed by atoms with Crippen molar-refractivity contribution in [1.82, 2.24) is 0 Å². The van der Waals surface area contributed by atoms with Crippen molar-refractivity contribution in [2.75, 3.05) is 4.90 Å². The Morgan fingerprint density at radius 1 is 0.719 bits per heavy atom. The quantitative estimate of drug-likeness (QED) is 0.343. The van der Waals surface area contributed by atoms with E-state index in [9.17, 15) is 0 Å². The van der Waals surface area contributed by atoms with Crippen LogP contribution in [0, 0.1) is 0 Å². The number of para-hydroxylation sites is 1. The number of fused-ring (bicyclic) bond motifs is 1. The molecule has 1 aliphatic heterocycles. The van der Waals surface area contributed by atoms with Crippen LogP contribution in [0.1, 0.15) is 34.5 Å². The maximum atomic E-state index is 8.68. The van der Waals surface area contributed by atoms with Gasteiger partial charge in [0.2, 0.25) is 0 Å². The van der Waals surface area contributed by atoms with Gasteiger partial charge in [-0.25, -0.2) is 0 Å². The summed E-state index contributed by atoms with van der Waals surface area (Å²) in [5.41, 5.74) is 1.33. The number of hydrogen-bond acceptors (Lipinski definition) is 3. The first-order valence-electron chi connectivity index (χ1n) is 13.2. The van der Waals surface area contributed by atoms with Gasteiger partial charge in [0.1, 0.15) is 0 Å². The molecule has 0 unspecified atom stereocenters. The molecule has 4 heteroatoms. The van der Waals surface area contributed by atoms with Crippen LogP contribution >= 0.6 is 0 Å². The molecular weight excluding hydrogens is 393 g/mol. The second kappa shape index (κ2) is 7.81. The van der Waals surface area contributed by atoms with Crippen LogP contribution in [-0.2, 0) is 9.31 Å². The molecule has 0 aromatic heterocycles. The molecule has 0 aliphatic carbocycles. The molecule has 0 spiro atoms. The van der Waals surface area contributed by atoms with Crippen LogP contribution in [-0.4, -0.2) is 18.3 Å². The zero-order valence-electron chi connectivity index (χ0n) is 23.7. The molecule has 1 aliphatic rings. The Morgan fingerprint density at radius 2 is 1.34 bits per heavy atom. The fourth-order valence-corrected chi connectivity index (χ4v) is 3.91. The van der Waals surface area contributed by atoms with Crippen molar-refractivity contribution in [1.29, 1.82) is 0 Å². The molecule has 1 saturated heterocycles. The topological polar surface area (TPSA) is 21.7 Å². The standard InChI is InChI=1S/C28H28BNO2/c1-27(2)28(3,4)32-29(31-27)22-17-19-24(20-18-22)30(23-13-6-5-7-14-23)26-16-10-12-21-11-8-9-15-25(21)26/h5-20H,1-4H3/i5D,6D,7D,13D,14D. The molecule has 1 fully saturated rings. The van der Waals surface area contributed by atoms with Crippen LogP contribution in [0.15, 0.2) is 96.9 Å². The Balaban J connectivity index is 1.69. The number of anilines is 3. The van der Waals surface area contributed by atoms with E-state index in [0.29, 0.717) is 11.4 Å². The third-order valence-electron chi connectivity index (χ3n) is 6.39. The van der Waals surface area contributed by atoms with Gasteiger partial charge in [0.25, 0.3) is 0 Å². The fourth-order valence-electron chi connectivity index (χ4n) is 3.91. The van der Waals surface area contributed by atoms with E-state index < -0.39 is 24.4 Å². The second-order valence-electron chi connectivity index (χ2n) is 8.99. The molecule has 4 aromatic carbocycles. The predicted octanol–water partition coefficient (Wildman–Crippen LogP) is 6.61. The molecule has 1 heterocycles. The van der Waals surface area contributed by atoms with Crippen molar-refractivity contribution in [3.05, 3.63) is 96.9 Å². The van der Waals surface area contributed by atoms with Crippen molar-refractivity contribution in [3.63, 3.8) is 0 Å². The Labute approximate surface area is 197 Å². The second-order valence-corrected chi connectivity index (χ2v) is 8.99. The minimum atomic E-state index is -0.536. The van der Waals surface area contributed by atoms with Crippen LogP contribution in [0.25, 0.3) is 10.8 Å². The van der Waals surface area contributed by atoms with Crippen molar-refractivity contribution < 1.29 is 16.2 Å². The highest BCUT2D eigenvalue weighted by atomic mass is 16.7. The first-order valence-corrected chi connectivity index (χ1v) is 10.7. The highest BCUT2D eigenvalue weighted by Gasteiger charge is 2.51. The molecule has 3 nitrogen and oxygen atoms in total. The highest BCUT2D eigenvalue weighted by molar-refractivity contribution is 6.62. The molecule has 0 amide bonds. The number of rotatable bonds is 4. The highest BCUT2D eigenvalue weighted by Crippen LogP contribution is 2.39. The Morgan fingerprint density at radius 3 is 2.03 bits per heavy atom. The summed E-state index contributed by atoms with van der Waals surface area (Å²) in [7, 11) is -0.536. The SMILES string of the molecule is [2H]c1c([2H])c([2H])c(N(c2ccc(B3OC(C)(C)C(C)(C)O3)cc2)c2cccc3ccccc23)c([2H])c1[2H]. The van der Waals surface area contributed by atoms with Crippen molar-refractivity contribution in [2.24, 2.45) is 0 Å². The summed E-state index contributed by atoms with van der Waals surface area (Å²) in [5, 5.41) is 1.87. The largest absolute Gasteiger partial charge is 0.494 e. The zero-order valence-corrected chi connectivity index (χ0v) is 18.7. The van der Waals surface area contributed by atoms with Crippen LogP contribution < -0.4 is 10.4 Å². The predicted molar refractivity (Wildman–Crippen MR) is 134 cm³/mol. The van der Waals surface area contributed by atoms with Crippen LogP contribution in [0.2, 0.25) is 0 Å². The summed E-state index contributed by atoms with van der Waals surface area (Å²) in [4.78, 5) is 1.73. The van der Waals surface area contributed by atoms with Crippen LogP contribution in [0.4, 0.5) is 17.1 Å². The summed E-state index contributed by atoms with van der Waals surface area (Å²) < 4.78 is 54.4. The van der Waals surface area contributed by atoms with Gasteiger partial charge < -0.3 is 14.2 Å². The average Bonchev–Trinajstić information content (AvgIpc) is 3.10. The van der Waals surface area contributed by atoms with Gasteiger partial charge in [-0.3, -0.25) is 0 Å². The van der Waals surface area contributed by atoms with E-state index in [1.807, 2.05) is 94.4 Å². The lowest BCUT2D eigenvalue weighted by Gasteiger charge is -2.32. The number of hydrogen-bond donors (Lipinski definition) is 0. The monoisotopic (exact) mass is 426 g/mol. The van der Waals surface area contributed by atoms with Crippen LogP contribution in [0.3, 0.4) is 0 Å². The Kier molecular flexibility index (Phi) is 3.83. The van der Waals surface area contributed by atoms with Gasteiger partial charge in [0.05, 0.1) is 23.7 Å². The number of benzene rings is 4. The van der Waals surface area contributed by atoms with E-state index >= 15 is 0 Å². The lowest BCUT2D eigenvalue weighted by atomic mass is 9.79. The lowest BCUT2D eigenvalue weighted by Crippen LogP contribution is -2.41. The third-order valence-corrected chi connectivity index (χ3v) is 6.39. The molecule has 4 aromatic rings. The number of nitrogens with zero attached hydrogens (tertiary/aromatic N) is 1. The molecule has 0 N–H and O–H groups in total. The summed E-state index contributed by atoms with van der Waals surface area (Å²) in [5.74, 6) is 0. The maximum Gasteiger partial charge on any atom is 0.494 e. The molecule has 0 radical (unpaired) electrons. The van der Waals surface area contributed by atoms with Crippen molar-refractivity contribution in [2.45, 2.75) is 38.9 Å². The lowest BCUT2D eigenvalue weighted by molar-refractivity contribution is 0.00578. The van der Waals surface area contributed by atoms with Crippen LogP contribution in [0.5, 0.6) is 0 Å². The van der Waals surface area contributed by atoms with Gasteiger partial charge in [-0.1, -0.05) is 66.7 Å². The normalized spacial score (nSPS) is 19.1. The van der Waals surface area contributed by atoms with Gasteiger partial charge in [-0.05, 0) is 68.8 Å². The smallest absolute Gasteiger partial charge is 0.399 e. The maximum absolute atomic E-state index is 8.68. The minimum Gasteiger partial charge on any atom is -0.399 e. The summed E-state index contributed by atoms with van der Waals surface area (Å²) in [6.07, 6.45) is 0. The van der Waals surface area contributed by atoms with E-state index in [1.165, 1.54) is 0 Å². The van der Waals surface area contributed by atoms with Crippen molar-refractivity contribution in [3.8, 4) is 0 Å². The van der Waals surface area contributed by atoms with E-state index in [2.05, 4.69) is 0 Å². The fraction of sp³-hybridized carbons (Fsp3) is 0.214. The Hall–Kier alpha value is -3.08. The average molecular weight is 426 g/mol. The van der Waals surface area contributed by atoms with Gasteiger partial charge in [0, 0.05) is 16.8 Å². The molecule has 160 valence electrons. The molecule has 0 bridgehead atoms. The molecule has 0 atom stereocenters. The van der Waals surface area contributed by atoms with E-state index in [-0.39, 0.29) is 29.9 Å². The third kappa shape index (κ3) is 3.60. The zero-order chi connectivity index (χ0) is 26.7. The molecule has 32 heavy (non-hydrogen) atoms. The van der Waals surface area contributed by atoms with Crippen molar-refractivity contribution >= 4 is 40.4 Å². The summed E-state index contributed by atoms with van der Waals surface area (Å²) >= 11 is 0. The minimum absolute atomic E-state index is 0.0886. The van der Waals surface area contributed by atoms with Gasteiger partial charge >= 0.3 is 7.12 Å². The van der Waals surface area contributed by atoms with Gasteiger partial charge in [-0.15, -0.1) is 0 Å². The summed E-state index contributed by atoms with van der Waals surface area (Å²) in [6.45, 7) is 8.01. The van der Waals surface area contributed by atoms with E-state index in [1.54, 1.807) is 4.90 Å². The molecule has 5 rings (SSSR count). The Bertz CT molecular complexity index is 1460. The van der Waals surface area contributed by atoms with E-state index in [4.69, 9.17) is 16.2 Å². The van der Waals surface area contributed by atoms with Gasteiger partial charge in [-0.2, -0.15) is 0 Å². The first-order chi connectivity index (χ1) is 17.4. The molecule has 0 saturated carbocycles. The first kappa shape index (κ1) is 15.7. The molecular formula is C28H28BNO2. The summed E-state index contributed by atoms with van der Waals surface area (Å²) in [6, 6.07) is 19.4. The van der Waals surface area contributed by atoms with Gasteiger partial charge in [0.15, 0.2) is 0 Å². The van der Waals surface area contributed by atoms with E-state index in [0.717, 1.165) is 16.2 Å².